The highest BCUT2D eigenvalue weighted by Gasteiger charge is 2.39. The smallest absolute Gasteiger partial charge is 0.396 e. The second kappa shape index (κ2) is 4.26. The first-order valence-corrected chi connectivity index (χ1v) is 4.97. The van der Waals surface area contributed by atoms with Gasteiger partial charge in [0.1, 0.15) is 5.69 Å². The molecule has 0 bridgehead atoms. The van der Waals surface area contributed by atoms with Crippen molar-refractivity contribution in [1.29, 1.82) is 0 Å². The highest BCUT2D eigenvalue weighted by atomic mass is 19.4. The number of aromatic nitrogens is 2. The summed E-state index contributed by atoms with van der Waals surface area (Å²) in [5, 5.41) is 14.3. The van der Waals surface area contributed by atoms with Crippen molar-refractivity contribution < 1.29 is 18.1 Å². The van der Waals surface area contributed by atoms with Gasteiger partial charge in [-0.3, -0.25) is 10.1 Å². The van der Waals surface area contributed by atoms with E-state index >= 15 is 0 Å². The highest BCUT2D eigenvalue weighted by Crippen LogP contribution is 2.36. The molecule has 1 heterocycles. The molecule has 2 aromatic rings. The first-order chi connectivity index (χ1) is 8.82. The zero-order valence-corrected chi connectivity index (χ0v) is 9.26. The number of nitrogens with zero attached hydrogens (tertiary/aromatic N) is 3. The van der Waals surface area contributed by atoms with Gasteiger partial charge in [-0.15, -0.1) is 0 Å². The molecule has 0 aliphatic heterocycles. The van der Waals surface area contributed by atoms with Crippen molar-refractivity contribution in [2.45, 2.75) is 6.18 Å². The van der Waals surface area contributed by atoms with E-state index in [1.165, 1.54) is 18.2 Å². The largest absolute Gasteiger partial charge is 0.435 e. The lowest BCUT2D eigenvalue weighted by atomic mass is 10.2. The van der Waals surface area contributed by atoms with Crippen molar-refractivity contribution >= 4 is 11.4 Å². The van der Waals surface area contributed by atoms with Crippen LogP contribution in [0.15, 0.2) is 30.5 Å². The molecule has 0 spiro atoms. The molecule has 0 amide bonds. The number of alkyl halides is 3. The van der Waals surface area contributed by atoms with Gasteiger partial charge >= 0.3 is 6.18 Å². The highest BCUT2D eigenvalue weighted by molar-refractivity contribution is 5.56. The second-order valence-corrected chi connectivity index (χ2v) is 3.60. The summed E-state index contributed by atoms with van der Waals surface area (Å²) in [4.78, 5) is 10.0. The van der Waals surface area contributed by atoms with Gasteiger partial charge in [-0.25, -0.2) is 4.68 Å². The molecule has 19 heavy (non-hydrogen) atoms. The number of anilines is 1. The summed E-state index contributed by atoms with van der Waals surface area (Å²) in [7, 11) is 0. The van der Waals surface area contributed by atoms with Crippen LogP contribution in [0.2, 0.25) is 0 Å². The van der Waals surface area contributed by atoms with Gasteiger partial charge in [-0.2, -0.15) is 18.3 Å². The van der Waals surface area contributed by atoms with Crippen molar-refractivity contribution in [3.63, 3.8) is 0 Å². The van der Waals surface area contributed by atoms with Crippen molar-refractivity contribution in [2.75, 3.05) is 5.73 Å². The molecule has 2 N–H and O–H groups in total. The van der Waals surface area contributed by atoms with E-state index in [9.17, 15) is 23.3 Å². The molecule has 0 aliphatic rings. The van der Waals surface area contributed by atoms with E-state index in [4.69, 9.17) is 5.73 Å². The Bertz CT molecular complexity index is 636. The molecule has 0 unspecified atom stereocenters. The van der Waals surface area contributed by atoms with Gasteiger partial charge in [0, 0.05) is 6.07 Å². The molecule has 0 atom stereocenters. The molecule has 0 radical (unpaired) electrons. The zero-order chi connectivity index (χ0) is 14.2. The third kappa shape index (κ3) is 2.21. The van der Waals surface area contributed by atoms with E-state index in [0.717, 1.165) is 12.3 Å². The Morgan fingerprint density at radius 2 is 1.95 bits per heavy atom. The maximum atomic E-state index is 12.9. The molecule has 0 saturated carbocycles. The molecule has 0 aliphatic carbocycles. The third-order valence-corrected chi connectivity index (χ3v) is 2.37. The summed E-state index contributed by atoms with van der Waals surface area (Å²) < 4.78 is 39.0. The molecule has 9 heteroatoms. The van der Waals surface area contributed by atoms with Crippen LogP contribution < -0.4 is 5.73 Å². The molecular formula is C10H7F3N4O2. The Balaban J connectivity index is 2.71. The first kappa shape index (κ1) is 12.9. The van der Waals surface area contributed by atoms with E-state index in [-0.39, 0.29) is 5.69 Å². The minimum absolute atomic E-state index is 0.295. The summed E-state index contributed by atoms with van der Waals surface area (Å²) in [5.74, 6) is 0. The number of benzene rings is 1. The summed E-state index contributed by atoms with van der Waals surface area (Å²) in [5.41, 5.74) is 2.61. The molecular weight excluding hydrogens is 265 g/mol. The SMILES string of the molecule is Nc1cnn(-c2ccccc2[N+](=O)[O-])c1C(F)(F)F. The van der Waals surface area contributed by atoms with Crippen molar-refractivity contribution in [2.24, 2.45) is 0 Å². The Labute approximate surface area is 104 Å². The number of halogens is 3. The number of nitro groups is 1. The maximum absolute atomic E-state index is 12.9. The average molecular weight is 272 g/mol. The van der Waals surface area contributed by atoms with Gasteiger partial charge in [-0.05, 0) is 6.07 Å². The summed E-state index contributed by atoms with van der Waals surface area (Å²) in [6.45, 7) is 0. The summed E-state index contributed by atoms with van der Waals surface area (Å²) in [6, 6.07) is 4.98. The lowest BCUT2D eigenvalue weighted by molar-refractivity contribution is -0.384. The van der Waals surface area contributed by atoms with Gasteiger partial charge in [0.25, 0.3) is 5.69 Å². The van der Waals surface area contributed by atoms with Gasteiger partial charge in [0.15, 0.2) is 5.69 Å². The standard InChI is InChI=1S/C10H7F3N4O2/c11-10(12,13)9-6(14)5-15-16(9)7-3-1-2-4-8(7)17(18)19/h1-5H,14H2. The van der Waals surface area contributed by atoms with E-state index in [1.807, 2.05) is 0 Å². The number of hydrogen-bond acceptors (Lipinski definition) is 4. The molecule has 0 fully saturated rings. The quantitative estimate of drug-likeness (QED) is 0.671. The Morgan fingerprint density at radius 3 is 2.53 bits per heavy atom. The van der Waals surface area contributed by atoms with Crippen LogP contribution in [-0.4, -0.2) is 14.7 Å². The van der Waals surface area contributed by atoms with Gasteiger partial charge in [-0.1, -0.05) is 12.1 Å². The van der Waals surface area contributed by atoms with Crippen molar-refractivity contribution in [1.82, 2.24) is 9.78 Å². The van der Waals surface area contributed by atoms with Crippen LogP contribution in [0.4, 0.5) is 24.5 Å². The summed E-state index contributed by atoms with van der Waals surface area (Å²) in [6.07, 6.45) is -3.95. The number of para-hydroxylation sites is 2. The van der Waals surface area contributed by atoms with E-state index in [2.05, 4.69) is 5.10 Å². The van der Waals surface area contributed by atoms with Crippen LogP contribution in [0.25, 0.3) is 5.69 Å². The number of nitrogens with two attached hydrogens (primary N) is 1. The van der Waals surface area contributed by atoms with E-state index in [1.54, 1.807) is 0 Å². The van der Waals surface area contributed by atoms with Crippen molar-refractivity contribution in [3.8, 4) is 5.69 Å². The predicted molar refractivity (Wildman–Crippen MR) is 59.6 cm³/mol. The molecule has 6 nitrogen and oxygen atoms in total. The average Bonchev–Trinajstić information content (AvgIpc) is 2.70. The van der Waals surface area contributed by atoms with Gasteiger partial charge < -0.3 is 5.73 Å². The minimum Gasteiger partial charge on any atom is -0.396 e. The summed E-state index contributed by atoms with van der Waals surface area (Å²) >= 11 is 0. The minimum atomic E-state index is -4.76. The lowest BCUT2D eigenvalue weighted by Crippen LogP contribution is -2.16. The molecule has 2 rings (SSSR count). The predicted octanol–water partition coefficient (Wildman–Crippen LogP) is 2.38. The number of nitrogen functional groups attached to an aromatic ring is 1. The fourth-order valence-corrected chi connectivity index (χ4v) is 1.63. The Hall–Kier alpha value is -2.58. The maximum Gasteiger partial charge on any atom is 0.435 e. The van der Waals surface area contributed by atoms with Crippen LogP contribution in [0.5, 0.6) is 0 Å². The third-order valence-electron chi connectivity index (χ3n) is 2.37. The van der Waals surface area contributed by atoms with E-state index < -0.39 is 28.2 Å². The molecule has 0 saturated heterocycles. The monoisotopic (exact) mass is 272 g/mol. The van der Waals surface area contributed by atoms with Crippen LogP contribution in [0.3, 0.4) is 0 Å². The number of rotatable bonds is 2. The molecule has 100 valence electrons. The van der Waals surface area contributed by atoms with Gasteiger partial charge in [0.05, 0.1) is 16.8 Å². The molecule has 1 aromatic heterocycles. The Kier molecular flexibility index (Phi) is 2.89. The second-order valence-electron chi connectivity index (χ2n) is 3.60. The first-order valence-electron chi connectivity index (χ1n) is 4.97. The number of nitro benzene ring substituents is 1. The van der Waals surface area contributed by atoms with Crippen molar-refractivity contribution in [3.05, 3.63) is 46.3 Å². The topological polar surface area (TPSA) is 87.0 Å². The normalized spacial score (nSPS) is 11.5. The van der Waals surface area contributed by atoms with Crippen LogP contribution in [-0.2, 0) is 6.18 Å². The number of hydrogen-bond donors (Lipinski definition) is 1. The van der Waals surface area contributed by atoms with Crippen LogP contribution in [0, 0.1) is 10.1 Å². The van der Waals surface area contributed by atoms with Crippen LogP contribution >= 0.6 is 0 Å². The fourth-order valence-electron chi connectivity index (χ4n) is 1.63. The van der Waals surface area contributed by atoms with Gasteiger partial charge in [0.2, 0.25) is 0 Å². The van der Waals surface area contributed by atoms with Crippen LogP contribution in [0.1, 0.15) is 5.69 Å². The lowest BCUT2D eigenvalue weighted by Gasteiger charge is -2.11. The van der Waals surface area contributed by atoms with E-state index in [0.29, 0.717) is 4.68 Å². The zero-order valence-electron chi connectivity index (χ0n) is 9.26. The molecule has 1 aromatic carbocycles. The fraction of sp³-hybridized carbons (Fsp3) is 0.100. The Morgan fingerprint density at radius 1 is 1.32 bits per heavy atom.